The third kappa shape index (κ3) is 3.24. The topological polar surface area (TPSA) is 53.2 Å². The van der Waals surface area contributed by atoms with Crippen molar-refractivity contribution in [3.05, 3.63) is 72.3 Å². The van der Waals surface area contributed by atoms with Gasteiger partial charge in [0.25, 0.3) is 5.56 Å². The first-order valence-corrected chi connectivity index (χ1v) is 8.88. The molecule has 0 N–H and O–H groups in total. The Morgan fingerprint density at radius 2 is 1.80 bits per heavy atom. The van der Waals surface area contributed by atoms with Gasteiger partial charge in [0.2, 0.25) is 0 Å². The van der Waals surface area contributed by atoms with Gasteiger partial charge >= 0.3 is 5.69 Å². The summed E-state index contributed by atoms with van der Waals surface area (Å²) in [6, 6.07) is 10.8. The Morgan fingerprint density at radius 3 is 2.40 bits per heavy atom. The van der Waals surface area contributed by atoms with Gasteiger partial charge in [0, 0.05) is 11.0 Å². The van der Waals surface area contributed by atoms with Crippen LogP contribution in [-0.2, 0) is 13.1 Å². The second-order valence-corrected chi connectivity index (χ2v) is 6.87. The summed E-state index contributed by atoms with van der Waals surface area (Å²) in [5.41, 5.74) is 0.701. The zero-order valence-electron chi connectivity index (χ0n) is 13.8. The minimum atomic E-state index is -0.369. The molecule has 130 valence electrons. The number of rotatable bonds is 4. The molecule has 0 radical (unpaired) electrons. The van der Waals surface area contributed by atoms with E-state index in [-0.39, 0.29) is 17.8 Å². The molecule has 1 aromatic heterocycles. The van der Waals surface area contributed by atoms with Crippen LogP contribution in [0.15, 0.2) is 50.5 Å². The Labute approximate surface area is 157 Å². The number of fused-ring (bicyclic) bond motifs is 1. The first-order chi connectivity index (χ1) is 12.0. The molecule has 0 fully saturated rings. The molecule has 3 aromatic rings. The highest BCUT2D eigenvalue weighted by molar-refractivity contribution is 9.10. The molecule has 0 atom stereocenters. The van der Waals surface area contributed by atoms with Crippen LogP contribution >= 0.6 is 27.5 Å². The minimum Gasteiger partial charge on any atom is -0.497 e. The van der Waals surface area contributed by atoms with Gasteiger partial charge in [0.1, 0.15) is 5.75 Å². The summed E-state index contributed by atoms with van der Waals surface area (Å²) in [6.07, 6.45) is 0. The normalized spacial score (nSPS) is 11.0. The zero-order valence-corrected chi connectivity index (χ0v) is 16.1. The molecule has 0 spiro atoms. The quantitative estimate of drug-likeness (QED) is 0.643. The maximum atomic E-state index is 12.8. The van der Waals surface area contributed by atoms with Crippen LogP contribution in [0.1, 0.15) is 12.5 Å². The van der Waals surface area contributed by atoms with E-state index in [9.17, 15) is 9.59 Å². The first-order valence-electron chi connectivity index (χ1n) is 7.71. The highest BCUT2D eigenvalue weighted by atomic mass is 79.9. The van der Waals surface area contributed by atoms with Crippen molar-refractivity contribution in [2.45, 2.75) is 20.0 Å². The van der Waals surface area contributed by atoms with E-state index in [1.165, 1.54) is 4.57 Å². The van der Waals surface area contributed by atoms with Crippen molar-refractivity contribution in [1.29, 1.82) is 0 Å². The molecular formula is C18H16BrClN2O3. The van der Waals surface area contributed by atoms with Crippen LogP contribution in [0.25, 0.3) is 10.9 Å². The molecule has 0 aliphatic rings. The van der Waals surface area contributed by atoms with Crippen LogP contribution < -0.4 is 16.0 Å². The third-order valence-corrected chi connectivity index (χ3v) is 4.82. The maximum Gasteiger partial charge on any atom is 0.331 e. The number of halogens is 2. The van der Waals surface area contributed by atoms with Crippen molar-refractivity contribution in [2.24, 2.45) is 0 Å². The van der Waals surface area contributed by atoms with Gasteiger partial charge in [-0.3, -0.25) is 13.9 Å². The summed E-state index contributed by atoms with van der Waals surface area (Å²) in [4.78, 5) is 25.5. The molecule has 0 amide bonds. The molecule has 0 saturated carbocycles. The van der Waals surface area contributed by atoms with Gasteiger partial charge in [0.15, 0.2) is 0 Å². The van der Waals surface area contributed by atoms with Crippen molar-refractivity contribution >= 4 is 38.4 Å². The van der Waals surface area contributed by atoms with E-state index < -0.39 is 0 Å². The Bertz CT molecular complexity index is 1060. The maximum absolute atomic E-state index is 12.8. The number of hydrogen-bond donors (Lipinski definition) is 0. The van der Waals surface area contributed by atoms with Crippen molar-refractivity contribution in [3.8, 4) is 5.75 Å². The summed E-state index contributed by atoms with van der Waals surface area (Å²) in [6.45, 7) is 2.37. The molecule has 7 heteroatoms. The lowest BCUT2D eigenvalue weighted by molar-refractivity contribution is 0.414. The number of nitrogens with zero attached hydrogens (tertiary/aromatic N) is 2. The van der Waals surface area contributed by atoms with Gasteiger partial charge in [0.05, 0.1) is 29.6 Å². The van der Waals surface area contributed by atoms with E-state index in [4.69, 9.17) is 16.3 Å². The smallest absolute Gasteiger partial charge is 0.331 e. The van der Waals surface area contributed by atoms with Crippen molar-refractivity contribution in [1.82, 2.24) is 9.13 Å². The first kappa shape index (κ1) is 17.8. The van der Waals surface area contributed by atoms with Gasteiger partial charge in [-0.05, 0) is 36.8 Å². The number of methoxy groups -OCH3 is 1. The Kier molecular flexibility index (Phi) is 5.01. The van der Waals surface area contributed by atoms with E-state index in [0.717, 1.165) is 11.3 Å². The van der Waals surface area contributed by atoms with E-state index in [2.05, 4.69) is 15.9 Å². The van der Waals surface area contributed by atoms with E-state index in [1.54, 1.807) is 30.7 Å². The Balaban J connectivity index is 2.28. The summed E-state index contributed by atoms with van der Waals surface area (Å²) in [7, 11) is 1.60. The van der Waals surface area contributed by atoms with Gasteiger partial charge in [-0.25, -0.2) is 4.79 Å². The Morgan fingerprint density at radius 1 is 1.12 bits per heavy atom. The largest absolute Gasteiger partial charge is 0.497 e. The van der Waals surface area contributed by atoms with Crippen molar-refractivity contribution in [3.63, 3.8) is 0 Å². The molecule has 0 aliphatic heterocycles. The number of hydrogen-bond acceptors (Lipinski definition) is 3. The van der Waals surface area contributed by atoms with Crippen molar-refractivity contribution in [2.75, 3.05) is 7.11 Å². The molecule has 1 heterocycles. The second-order valence-electron chi connectivity index (χ2n) is 5.55. The molecule has 0 saturated heterocycles. The van der Waals surface area contributed by atoms with E-state index in [0.29, 0.717) is 26.9 Å². The van der Waals surface area contributed by atoms with Crippen LogP contribution in [0.2, 0.25) is 5.02 Å². The highest BCUT2D eigenvalue weighted by Gasteiger charge is 2.16. The number of aromatic nitrogens is 2. The van der Waals surface area contributed by atoms with Gasteiger partial charge < -0.3 is 4.74 Å². The average molecular weight is 424 g/mol. The molecular weight excluding hydrogens is 408 g/mol. The SMILES string of the molecule is CCn1c(=O)c2c(Cl)cc(Br)cc2n(Cc2ccc(OC)cc2)c1=O. The number of benzene rings is 2. The lowest BCUT2D eigenvalue weighted by Crippen LogP contribution is -2.40. The molecule has 5 nitrogen and oxygen atoms in total. The molecule has 25 heavy (non-hydrogen) atoms. The number of ether oxygens (including phenoxy) is 1. The second kappa shape index (κ2) is 7.06. The van der Waals surface area contributed by atoms with Crippen LogP contribution in [0.3, 0.4) is 0 Å². The standard InChI is InChI=1S/C18H16BrClN2O3/c1-3-21-17(23)16-14(20)8-12(19)9-15(16)22(18(21)24)10-11-4-6-13(25-2)7-5-11/h4-9H,3,10H2,1-2H3. The van der Waals surface area contributed by atoms with E-state index >= 15 is 0 Å². The Hall–Kier alpha value is -2.05. The van der Waals surface area contributed by atoms with Crippen LogP contribution in [-0.4, -0.2) is 16.2 Å². The molecule has 0 bridgehead atoms. The summed E-state index contributed by atoms with van der Waals surface area (Å²) < 4.78 is 8.64. The lowest BCUT2D eigenvalue weighted by Gasteiger charge is -2.15. The summed E-state index contributed by atoms with van der Waals surface area (Å²) >= 11 is 9.67. The van der Waals surface area contributed by atoms with Gasteiger partial charge in [-0.15, -0.1) is 0 Å². The van der Waals surface area contributed by atoms with Gasteiger partial charge in [-0.1, -0.05) is 39.7 Å². The lowest BCUT2D eigenvalue weighted by atomic mass is 10.2. The van der Waals surface area contributed by atoms with Crippen LogP contribution in [0, 0.1) is 0 Å². The van der Waals surface area contributed by atoms with E-state index in [1.807, 2.05) is 24.3 Å². The predicted molar refractivity (Wildman–Crippen MR) is 103 cm³/mol. The third-order valence-electron chi connectivity index (χ3n) is 4.06. The van der Waals surface area contributed by atoms with Gasteiger partial charge in [-0.2, -0.15) is 0 Å². The monoisotopic (exact) mass is 422 g/mol. The summed E-state index contributed by atoms with van der Waals surface area (Å²) in [5.74, 6) is 0.741. The average Bonchev–Trinajstić information content (AvgIpc) is 2.59. The fourth-order valence-electron chi connectivity index (χ4n) is 2.80. The summed E-state index contributed by atoms with van der Waals surface area (Å²) in [5, 5.41) is 0.667. The zero-order chi connectivity index (χ0) is 18.1. The minimum absolute atomic E-state index is 0.280. The highest BCUT2D eigenvalue weighted by Crippen LogP contribution is 2.25. The predicted octanol–water partition coefficient (Wildman–Crippen LogP) is 3.66. The molecule has 2 aromatic carbocycles. The van der Waals surface area contributed by atoms with Crippen LogP contribution in [0.5, 0.6) is 5.75 Å². The molecule has 3 rings (SSSR count). The van der Waals surface area contributed by atoms with Crippen molar-refractivity contribution < 1.29 is 4.74 Å². The molecule has 0 unspecified atom stereocenters. The fraction of sp³-hybridized carbons (Fsp3) is 0.222. The molecule has 0 aliphatic carbocycles. The fourth-order valence-corrected chi connectivity index (χ4v) is 3.67. The van der Waals surface area contributed by atoms with Crippen LogP contribution in [0.4, 0.5) is 0 Å².